The molecular weight excluding hydrogens is 436 g/mol. The molecule has 0 aliphatic heterocycles. The molecule has 1 aromatic heterocycles. The fourth-order valence-corrected chi connectivity index (χ4v) is 4.05. The molecule has 0 unspecified atom stereocenters. The van der Waals surface area contributed by atoms with E-state index in [0.29, 0.717) is 23.4 Å². The first-order chi connectivity index (χ1) is 17.2. The van der Waals surface area contributed by atoms with Crippen LogP contribution in [-0.2, 0) is 6.54 Å². The van der Waals surface area contributed by atoms with Crippen molar-refractivity contribution < 1.29 is 9.53 Å². The first-order valence-corrected chi connectivity index (χ1v) is 11.3. The zero-order valence-corrected chi connectivity index (χ0v) is 19.2. The zero-order valence-electron chi connectivity index (χ0n) is 19.2. The lowest BCUT2D eigenvalue weighted by atomic mass is 10.0. The van der Waals surface area contributed by atoms with Gasteiger partial charge in [-0.2, -0.15) is 5.10 Å². The van der Waals surface area contributed by atoms with Crippen LogP contribution in [0.3, 0.4) is 0 Å². The number of hydrogen-bond acceptors (Lipinski definition) is 5. The largest absolute Gasteiger partial charge is 0.496 e. The molecule has 0 radical (unpaired) electrons. The second-order valence-corrected chi connectivity index (χ2v) is 8.01. The van der Waals surface area contributed by atoms with Gasteiger partial charge in [0.15, 0.2) is 0 Å². The van der Waals surface area contributed by atoms with Gasteiger partial charge in [-0.1, -0.05) is 72.8 Å². The molecule has 35 heavy (non-hydrogen) atoms. The van der Waals surface area contributed by atoms with E-state index in [0.717, 1.165) is 33.0 Å². The number of aromatic nitrogens is 1. The Bertz CT molecular complexity index is 1530. The van der Waals surface area contributed by atoms with Crippen molar-refractivity contribution in [3.05, 3.63) is 114 Å². The van der Waals surface area contributed by atoms with Crippen molar-refractivity contribution in [2.45, 2.75) is 6.54 Å². The first-order valence-electron chi connectivity index (χ1n) is 11.3. The Kier molecular flexibility index (Phi) is 6.35. The molecule has 0 aliphatic carbocycles. The molecule has 0 aliphatic rings. The molecule has 2 N–H and O–H groups in total. The summed E-state index contributed by atoms with van der Waals surface area (Å²) in [6.45, 7) is 0.446. The van der Waals surface area contributed by atoms with E-state index in [-0.39, 0.29) is 5.91 Å². The molecule has 1 heterocycles. The van der Waals surface area contributed by atoms with Crippen molar-refractivity contribution in [3.63, 3.8) is 0 Å². The van der Waals surface area contributed by atoms with E-state index in [4.69, 9.17) is 4.74 Å². The molecule has 6 heteroatoms. The van der Waals surface area contributed by atoms with Crippen LogP contribution in [0.5, 0.6) is 5.75 Å². The van der Waals surface area contributed by atoms with Crippen LogP contribution in [0.1, 0.15) is 21.5 Å². The molecule has 1 amide bonds. The quantitative estimate of drug-likeness (QED) is 0.239. The van der Waals surface area contributed by atoms with Crippen molar-refractivity contribution in [2.24, 2.45) is 5.10 Å². The lowest BCUT2D eigenvalue weighted by Gasteiger charge is -2.10. The molecule has 0 atom stereocenters. The van der Waals surface area contributed by atoms with Gasteiger partial charge < -0.3 is 10.1 Å². The summed E-state index contributed by atoms with van der Waals surface area (Å²) < 4.78 is 5.47. The zero-order chi connectivity index (χ0) is 24.0. The van der Waals surface area contributed by atoms with E-state index in [1.165, 1.54) is 0 Å². The fraction of sp³-hybridized carbons (Fsp3) is 0.0690. The Morgan fingerprint density at radius 1 is 0.886 bits per heavy atom. The minimum absolute atomic E-state index is 0.166. The van der Waals surface area contributed by atoms with Gasteiger partial charge in [-0.3, -0.25) is 10.2 Å². The molecule has 5 rings (SSSR count). The smallest absolute Gasteiger partial charge is 0.252 e. The average molecular weight is 461 g/mol. The summed E-state index contributed by atoms with van der Waals surface area (Å²) in [6.07, 6.45) is 1.74. The molecule has 6 nitrogen and oxygen atoms in total. The maximum atomic E-state index is 13.1. The number of carbonyl (C=O) groups is 1. The number of nitrogens with zero attached hydrogens (tertiary/aromatic N) is 2. The van der Waals surface area contributed by atoms with Crippen LogP contribution in [-0.4, -0.2) is 24.2 Å². The minimum Gasteiger partial charge on any atom is -0.496 e. The highest BCUT2D eigenvalue weighted by atomic mass is 16.5. The number of fused-ring (bicyclic) bond motifs is 2. The van der Waals surface area contributed by atoms with Gasteiger partial charge in [0.25, 0.3) is 5.91 Å². The highest BCUT2D eigenvalue weighted by Gasteiger charge is 2.13. The van der Waals surface area contributed by atoms with E-state index in [9.17, 15) is 4.79 Å². The standard InChI is InChI=1S/C29H24N4O2/c1-35-27-16-15-21(22-11-5-6-13-24(22)27)19-31-33-28-17-25(23-12-7-8-14-26(23)32-28)29(34)30-18-20-9-3-2-4-10-20/h2-17,19H,18H2,1H3,(H,30,34)(H,32,33)/b31-19+. The maximum absolute atomic E-state index is 13.1. The third-order valence-electron chi connectivity index (χ3n) is 5.78. The predicted molar refractivity (Wildman–Crippen MR) is 141 cm³/mol. The SMILES string of the molecule is COc1ccc(/C=N/Nc2cc(C(=O)NCc3ccccc3)c3ccccc3n2)c2ccccc12. The Morgan fingerprint density at radius 3 is 2.40 bits per heavy atom. The van der Waals surface area contributed by atoms with Crippen molar-refractivity contribution in [2.75, 3.05) is 12.5 Å². The molecule has 172 valence electrons. The Balaban J connectivity index is 1.41. The van der Waals surface area contributed by atoms with Gasteiger partial charge in [-0.25, -0.2) is 4.98 Å². The highest BCUT2D eigenvalue weighted by Crippen LogP contribution is 2.27. The maximum Gasteiger partial charge on any atom is 0.252 e. The summed E-state index contributed by atoms with van der Waals surface area (Å²) in [5.74, 6) is 1.14. The van der Waals surface area contributed by atoms with Crippen LogP contribution in [0.2, 0.25) is 0 Å². The summed E-state index contributed by atoms with van der Waals surface area (Å²) in [4.78, 5) is 17.7. The van der Waals surface area contributed by atoms with E-state index in [1.54, 1.807) is 19.4 Å². The molecule has 5 aromatic rings. The van der Waals surface area contributed by atoms with Crippen LogP contribution in [0.4, 0.5) is 5.82 Å². The van der Waals surface area contributed by atoms with Crippen LogP contribution in [0.15, 0.2) is 102 Å². The molecule has 0 saturated carbocycles. The number of para-hydroxylation sites is 1. The van der Waals surface area contributed by atoms with E-state index in [2.05, 4.69) is 20.8 Å². The number of carbonyl (C=O) groups excluding carboxylic acids is 1. The van der Waals surface area contributed by atoms with Crippen LogP contribution in [0, 0.1) is 0 Å². The number of pyridine rings is 1. The lowest BCUT2D eigenvalue weighted by molar-refractivity contribution is 0.0952. The number of hydrogen-bond donors (Lipinski definition) is 2. The van der Waals surface area contributed by atoms with Crippen molar-refractivity contribution in [1.29, 1.82) is 0 Å². The topological polar surface area (TPSA) is 75.6 Å². The van der Waals surface area contributed by atoms with E-state index >= 15 is 0 Å². The summed E-state index contributed by atoms with van der Waals surface area (Å²) in [6, 6.07) is 31.0. The average Bonchev–Trinajstić information content (AvgIpc) is 2.92. The second kappa shape index (κ2) is 10.1. The van der Waals surface area contributed by atoms with Gasteiger partial charge in [0, 0.05) is 22.9 Å². The summed E-state index contributed by atoms with van der Waals surface area (Å²) >= 11 is 0. The van der Waals surface area contributed by atoms with Crippen molar-refractivity contribution in [1.82, 2.24) is 10.3 Å². The molecule has 0 saturated heterocycles. The first kappa shape index (κ1) is 22.1. The molecule has 0 spiro atoms. The normalized spacial score (nSPS) is 11.1. The number of nitrogens with one attached hydrogen (secondary N) is 2. The highest BCUT2D eigenvalue weighted by molar-refractivity contribution is 6.07. The number of ether oxygens (including phenoxy) is 1. The third kappa shape index (κ3) is 4.82. The van der Waals surface area contributed by atoms with E-state index in [1.807, 2.05) is 91.0 Å². The second-order valence-electron chi connectivity index (χ2n) is 8.01. The van der Waals surface area contributed by atoms with Crippen LogP contribution >= 0.6 is 0 Å². The van der Waals surface area contributed by atoms with Gasteiger partial charge in [-0.05, 0) is 35.2 Å². The number of rotatable bonds is 7. The molecule has 4 aromatic carbocycles. The lowest BCUT2D eigenvalue weighted by Crippen LogP contribution is -2.23. The fourth-order valence-electron chi connectivity index (χ4n) is 4.05. The van der Waals surface area contributed by atoms with Crippen molar-refractivity contribution >= 4 is 39.6 Å². The predicted octanol–water partition coefficient (Wildman–Crippen LogP) is 5.77. The van der Waals surface area contributed by atoms with Gasteiger partial charge >= 0.3 is 0 Å². The number of methoxy groups -OCH3 is 1. The molecule has 0 bridgehead atoms. The number of amides is 1. The van der Waals surface area contributed by atoms with E-state index < -0.39 is 0 Å². The Hall–Kier alpha value is -4.71. The van der Waals surface area contributed by atoms with Gasteiger partial charge in [-0.15, -0.1) is 0 Å². The Morgan fingerprint density at radius 2 is 1.60 bits per heavy atom. The number of benzene rings is 4. The molecule has 0 fully saturated rings. The van der Waals surface area contributed by atoms with Gasteiger partial charge in [0.1, 0.15) is 11.6 Å². The van der Waals surface area contributed by atoms with Crippen LogP contribution < -0.4 is 15.5 Å². The summed E-state index contributed by atoms with van der Waals surface area (Å²) in [5, 5.41) is 10.2. The number of hydrazone groups is 1. The minimum atomic E-state index is -0.166. The van der Waals surface area contributed by atoms with Crippen molar-refractivity contribution in [3.8, 4) is 5.75 Å². The van der Waals surface area contributed by atoms with Gasteiger partial charge in [0.2, 0.25) is 0 Å². The van der Waals surface area contributed by atoms with Crippen LogP contribution in [0.25, 0.3) is 21.7 Å². The monoisotopic (exact) mass is 460 g/mol. The molecular formula is C29H24N4O2. The third-order valence-corrected chi connectivity index (χ3v) is 5.78. The van der Waals surface area contributed by atoms with Gasteiger partial charge in [0.05, 0.1) is 24.4 Å². The Labute approximate surface area is 203 Å². The number of anilines is 1. The summed E-state index contributed by atoms with van der Waals surface area (Å²) in [5.41, 5.74) is 6.23. The summed E-state index contributed by atoms with van der Waals surface area (Å²) in [7, 11) is 1.66.